The third kappa shape index (κ3) is 4.05. The largest absolute Gasteiger partial charge is 0.381 e. The summed E-state index contributed by atoms with van der Waals surface area (Å²) in [5, 5.41) is 3.42. The second-order valence-electron chi connectivity index (χ2n) is 4.44. The summed E-state index contributed by atoms with van der Waals surface area (Å²) in [7, 11) is 0. The number of hydrogen-bond donors (Lipinski definition) is 1. The van der Waals surface area contributed by atoms with Gasteiger partial charge in [-0.2, -0.15) is 0 Å². The van der Waals surface area contributed by atoms with E-state index in [-0.39, 0.29) is 5.82 Å². The summed E-state index contributed by atoms with van der Waals surface area (Å²) in [4.78, 5) is 0. The summed E-state index contributed by atoms with van der Waals surface area (Å²) >= 11 is 3.20. The van der Waals surface area contributed by atoms with E-state index in [4.69, 9.17) is 4.74 Å². The molecule has 1 aliphatic rings. The van der Waals surface area contributed by atoms with E-state index in [9.17, 15) is 4.39 Å². The zero-order valence-electron chi connectivity index (χ0n) is 9.72. The van der Waals surface area contributed by atoms with E-state index < -0.39 is 0 Å². The van der Waals surface area contributed by atoms with Crippen molar-refractivity contribution in [1.29, 1.82) is 0 Å². The summed E-state index contributed by atoms with van der Waals surface area (Å²) in [6.45, 7) is 3.57. The Balaban J connectivity index is 1.75. The lowest BCUT2D eigenvalue weighted by Crippen LogP contribution is -2.27. The van der Waals surface area contributed by atoms with E-state index in [1.807, 2.05) is 12.1 Å². The van der Waals surface area contributed by atoms with Gasteiger partial charge in [-0.25, -0.2) is 4.39 Å². The number of hydrogen-bond acceptors (Lipinski definition) is 2. The van der Waals surface area contributed by atoms with Gasteiger partial charge in [0.2, 0.25) is 0 Å². The average Bonchev–Trinajstić information content (AvgIpc) is 2.35. The maximum atomic E-state index is 13.0. The molecular weight excluding hydrogens is 285 g/mol. The predicted molar refractivity (Wildman–Crippen MR) is 69.3 cm³/mol. The van der Waals surface area contributed by atoms with Crippen molar-refractivity contribution in [1.82, 2.24) is 5.32 Å². The first-order chi connectivity index (χ1) is 8.25. The van der Waals surface area contributed by atoms with Gasteiger partial charge in [0.1, 0.15) is 5.82 Å². The van der Waals surface area contributed by atoms with E-state index in [0.29, 0.717) is 10.4 Å². The van der Waals surface area contributed by atoms with Gasteiger partial charge in [0, 0.05) is 19.8 Å². The molecule has 0 saturated carbocycles. The van der Waals surface area contributed by atoms with Crippen LogP contribution in [0.4, 0.5) is 4.39 Å². The molecule has 1 heterocycles. The molecule has 1 N–H and O–H groups in total. The molecular formula is C13H17BrFNO. The van der Waals surface area contributed by atoms with Crippen molar-refractivity contribution in [3.05, 3.63) is 34.1 Å². The van der Waals surface area contributed by atoms with Crippen LogP contribution in [0.15, 0.2) is 22.7 Å². The lowest BCUT2D eigenvalue weighted by Gasteiger charge is -2.22. The van der Waals surface area contributed by atoms with Gasteiger partial charge in [-0.05, 0) is 58.9 Å². The Hall–Kier alpha value is -0.450. The normalized spacial score (nSPS) is 17.3. The fraction of sp³-hybridized carbons (Fsp3) is 0.538. The zero-order chi connectivity index (χ0) is 12.1. The van der Waals surface area contributed by atoms with Crippen molar-refractivity contribution >= 4 is 15.9 Å². The molecule has 2 nitrogen and oxygen atoms in total. The summed E-state index contributed by atoms with van der Waals surface area (Å²) in [6.07, 6.45) is 2.28. The Labute approximate surface area is 110 Å². The highest BCUT2D eigenvalue weighted by Crippen LogP contribution is 2.17. The Bertz CT molecular complexity index is 366. The quantitative estimate of drug-likeness (QED) is 0.923. The van der Waals surface area contributed by atoms with Crippen molar-refractivity contribution in [2.24, 2.45) is 5.92 Å². The van der Waals surface area contributed by atoms with E-state index in [1.165, 1.54) is 6.07 Å². The van der Waals surface area contributed by atoms with Gasteiger partial charge in [-0.15, -0.1) is 0 Å². The van der Waals surface area contributed by atoms with E-state index in [2.05, 4.69) is 21.2 Å². The van der Waals surface area contributed by atoms with Crippen molar-refractivity contribution in [2.75, 3.05) is 19.8 Å². The van der Waals surface area contributed by atoms with Gasteiger partial charge in [0.25, 0.3) is 0 Å². The molecule has 17 heavy (non-hydrogen) atoms. The Morgan fingerprint density at radius 3 is 2.82 bits per heavy atom. The Morgan fingerprint density at radius 1 is 1.35 bits per heavy atom. The molecule has 94 valence electrons. The molecule has 0 atom stereocenters. The van der Waals surface area contributed by atoms with Crippen molar-refractivity contribution in [2.45, 2.75) is 19.4 Å². The van der Waals surface area contributed by atoms with Gasteiger partial charge in [-0.3, -0.25) is 0 Å². The van der Waals surface area contributed by atoms with Crippen molar-refractivity contribution in [3.8, 4) is 0 Å². The van der Waals surface area contributed by atoms with Crippen LogP contribution < -0.4 is 5.32 Å². The molecule has 1 aromatic rings. The molecule has 0 aromatic heterocycles. The van der Waals surface area contributed by atoms with E-state index >= 15 is 0 Å². The lowest BCUT2D eigenvalue weighted by atomic mass is 10.0. The fourth-order valence-electron chi connectivity index (χ4n) is 2.02. The van der Waals surface area contributed by atoms with Crippen LogP contribution in [0.1, 0.15) is 18.4 Å². The maximum absolute atomic E-state index is 13.0. The molecule has 1 aromatic carbocycles. The SMILES string of the molecule is Fc1ccc(CNCC2CCOCC2)cc1Br. The summed E-state index contributed by atoms with van der Waals surface area (Å²) in [6, 6.07) is 5.14. The second kappa shape index (κ2) is 6.47. The minimum atomic E-state index is -0.210. The van der Waals surface area contributed by atoms with Crippen LogP contribution in [0.5, 0.6) is 0 Å². The van der Waals surface area contributed by atoms with Gasteiger partial charge in [0.05, 0.1) is 4.47 Å². The van der Waals surface area contributed by atoms with E-state index in [0.717, 1.165) is 44.7 Å². The summed E-state index contributed by atoms with van der Waals surface area (Å²) in [5.74, 6) is 0.505. The van der Waals surface area contributed by atoms with Gasteiger partial charge >= 0.3 is 0 Å². The van der Waals surface area contributed by atoms with Gasteiger partial charge in [0.15, 0.2) is 0 Å². The first kappa shape index (κ1) is 13.0. The molecule has 1 fully saturated rings. The molecule has 0 unspecified atom stereocenters. The molecule has 0 spiro atoms. The number of nitrogens with one attached hydrogen (secondary N) is 1. The maximum Gasteiger partial charge on any atom is 0.137 e. The Kier molecular flexibility index (Phi) is 4.95. The molecule has 2 rings (SSSR count). The van der Waals surface area contributed by atoms with Crippen molar-refractivity contribution in [3.63, 3.8) is 0 Å². The molecule has 1 saturated heterocycles. The molecule has 0 radical (unpaired) electrons. The van der Waals surface area contributed by atoms with Crippen LogP contribution in [0, 0.1) is 11.7 Å². The number of ether oxygens (including phenoxy) is 1. The Morgan fingerprint density at radius 2 is 2.12 bits per heavy atom. The number of halogens is 2. The number of rotatable bonds is 4. The van der Waals surface area contributed by atoms with E-state index in [1.54, 1.807) is 0 Å². The fourth-order valence-corrected chi connectivity index (χ4v) is 2.45. The second-order valence-corrected chi connectivity index (χ2v) is 5.29. The topological polar surface area (TPSA) is 21.3 Å². The highest BCUT2D eigenvalue weighted by atomic mass is 79.9. The van der Waals surface area contributed by atoms with Gasteiger partial charge < -0.3 is 10.1 Å². The minimum absolute atomic E-state index is 0.210. The zero-order valence-corrected chi connectivity index (χ0v) is 11.3. The average molecular weight is 302 g/mol. The first-order valence-corrected chi connectivity index (χ1v) is 6.77. The standard InChI is InChI=1S/C13H17BrFNO/c14-12-7-11(1-2-13(12)15)9-16-8-10-3-5-17-6-4-10/h1-2,7,10,16H,3-6,8-9H2. The predicted octanol–water partition coefficient (Wildman–Crippen LogP) is 3.10. The third-order valence-electron chi connectivity index (χ3n) is 3.09. The first-order valence-electron chi connectivity index (χ1n) is 5.98. The van der Waals surface area contributed by atoms with Crippen molar-refractivity contribution < 1.29 is 9.13 Å². The molecule has 4 heteroatoms. The molecule has 0 aliphatic carbocycles. The van der Waals surface area contributed by atoms with Crippen LogP contribution >= 0.6 is 15.9 Å². The van der Waals surface area contributed by atoms with Gasteiger partial charge in [-0.1, -0.05) is 6.07 Å². The molecule has 0 bridgehead atoms. The lowest BCUT2D eigenvalue weighted by molar-refractivity contribution is 0.0662. The van der Waals surface area contributed by atoms with Crippen LogP contribution in [0.3, 0.4) is 0 Å². The highest BCUT2D eigenvalue weighted by Gasteiger charge is 2.12. The number of benzene rings is 1. The van der Waals surface area contributed by atoms with Crippen LogP contribution in [0.2, 0.25) is 0 Å². The smallest absolute Gasteiger partial charge is 0.137 e. The summed E-state index contributed by atoms with van der Waals surface area (Å²) < 4.78 is 18.9. The minimum Gasteiger partial charge on any atom is -0.381 e. The molecule has 1 aliphatic heterocycles. The summed E-state index contributed by atoms with van der Waals surface area (Å²) in [5.41, 5.74) is 1.10. The van der Waals surface area contributed by atoms with Crippen LogP contribution in [0.25, 0.3) is 0 Å². The molecule has 0 amide bonds. The van der Waals surface area contributed by atoms with Crippen LogP contribution in [-0.4, -0.2) is 19.8 Å². The third-order valence-corrected chi connectivity index (χ3v) is 3.69. The monoisotopic (exact) mass is 301 g/mol. The highest BCUT2D eigenvalue weighted by molar-refractivity contribution is 9.10. The van der Waals surface area contributed by atoms with Crippen LogP contribution in [-0.2, 0) is 11.3 Å².